The minimum absolute atomic E-state index is 0.0125. The number of hydroxylamine groups is 1. The average Bonchev–Trinajstić information content (AvgIpc) is 2.49. The SMILES string of the molecule is C/C=C(\C=C(\Cl)NO)C(O)c1ccc(NC(=O)OC(C)(C)C)cc1F. The quantitative estimate of drug-likeness (QED) is 0.353. The third-order valence-electron chi connectivity index (χ3n) is 2.99. The first kappa shape index (κ1) is 21.0. The Morgan fingerprint density at radius 1 is 1.40 bits per heavy atom. The Labute approximate surface area is 150 Å². The van der Waals surface area contributed by atoms with E-state index in [-0.39, 0.29) is 22.0 Å². The minimum Gasteiger partial charge on any atom is -0.444 e. The number of allylic oxidation sites excluding steroid dienone is 1. The van der Waals surface area contributed by atoms with E-state index in [2.05, 4.69) is 5.32 Å². The maximum absolute atomic E-state index is 14.3. The zero-order chi connectivity index (χ0) is 19.2. The number of aliphatic hydroxyl groups excluding tert-OH is 1. The highest BCUT2D eigenvalue weighted by molar-refractivity contribution is 6.29. The smallest absolute Gasteiger partial charge is 0.412 e. The van der Waals surface area contributed by atoms with Crippen molar-refractivity contribution in [2.75, 3.05) is 5.32 Å². The number of carbonyl (C=O) groups excluding carboxylic acids is 1. The summed E-state index contributed by atoms with van der Waals surface area (Å²) in [6, 6.07) is 3.85. The van der Waals surface area contributed by atoms with Crippen LogP contribution in [0.1, 0.15) is 39.4 Å². The number of ether oxygens (including phenoxy) is 1. The van der Waals surface area contributed by atoms with Gasteiger partial charge in [-0.05, 0) is 51.5 Å². The number of carbonyl (C=O) groups is 1. The lowest BCUT2D eigenvalue weighted by atomic mass is 10.0. The zero-order valence-corrected chi connectivity index (χ0v) is 15.2. The molecule has 0 saturated carbocycles. The van der Waals surface area contributed by atoms with E-state index in [0.717, 1.165) is 6.07 Å². The molecular weight excluding hydrogens is 351 g/mol. The topological polar surface area (TPSA) is 90.8 Å². The van der Waals surface area contributed by atoms with Crippen molar-refractivity contribution < 1.29 is 24.2 Å². The third-order valence-corrected chi connectivity index (χ3v) is 3.18. The summed E-state index contributed by atoms with van der Waals surface area (Å²) in [6.45, 7) is 6.77. The highest BCUT2D eigenvalue weighted by Gasteiger charge is 2.19. The van der Waals surface area contributed by atoms with Crippen LogP contribution in [0.25, 0.3) is 0 Å². The molecule has 0 fully saturated rings. The lowest BCUT2D eigenvalue weighted by molar-refractivity contribution is 0.0636. The molecule has 1 aromatic rings. The van der Waals surface area contributed by atoms with E-state index in [1.807, 2.05) is 0 Å². The molecule has 1 rings (SSSR count). The summed E-state index contributed by atoms with van der Waals surface area (Å²) < 4.78 is 19.4. The summed E-state index contributed by atoms with van der Waals surface area (Å²) in [4.78, 5) is 11.7. The van der Waals surface area contributed by atoms with Gasteiger partial charge >= 0.3 is 6.09 Å². The fourth-order valence-electron chi connectivity index (χ4n) is 1.93. The summed E-state index contributed by atoms with van der Waals surface area (Å²) in [5.74, 6) is -0.720. The highest BCUT2D eigenvalue weighted by Crippen LogP contribution is 2.28. The molecule has 6 nitrogen and oxygen atoms in total. The Hall–Kier alpha value is -2.09. The van der Waals surface area contributed by atoms with E-state index < -0.39 is 23.6 Å². The predicted octanol–water partition coefficient (Wildman–Crippen LogP) is 4.21. The maximum Gasteiger partial charge on any atom is 0.412 e. The summed E-state index contributed by atoms with van der Waals surface area (Å²) in [6.07, 6.45) is 0.774. The number of aliphatic hydroxyl groups is 1. The minimum atomic E-state index is -1.30. The molecule has 8 heteroatoms. The van der Waals surface area contributed by atoms with E-state index in [9.17, 15) is 14.3 Å². The van der Waals surface area contributed by atoms with Crippen molar-refractivity contribution in [2.24, 2.45) is 0 Å². The van der Waals surface area contributed by atoms with E-state index >= 15 is 0 Å². The van der Waals surface area contributed by atoms with Crippen LogP contribution in [-0.2, 0) is 4.74 Å². The number of amides is 1. The van der Waals surface area contributed by atoms with Gasteiger partial charge in [0.15, 0.2) is 0 Å². The zero-order valence-electron chi connectivity index (χ0n) is 14.4. The lowest BCUT2D eigenvalue weighted by Gasteiger charge is -2.20. The van der Waals surface area contributed by atoms with Crippen molar-refractivity contribution in [1.29, 1.82) is 0 Å². The molecule has 0 aliphatic heterocycles. The molecule has 25 heavy (non-hydrogen) atoms. The van der Waals surface area contributed by atoms with Gasteiger partial charge in [-0.1, -0.05) is 23.7 Å². The number of hydrogen-bond acceptors (Lipinski definition) is 5. The van der Waals surface area contributed by atoms with Gasteiger partial charge in [-0.3, -0.25) is 16.0 Å². The van der Waals surface area contributed by atoms with Gasteiger partial charge in [0.25, 0.3) is 0 Å². The van der Waals surface area contributed by atoms with Crippen LogP contribution in [0.5, 0.6) is 0 Å². The average molecular weight is 373 g/mol. The van der Waals surface area contributed by atoms with Crippen LogP contribution >= 0.6 is 11.6 Å². The Balaban J connectivity index is 2.96. The molecule has 0 spiro atoms. The first-order valence-electron chi connectivity index (χ1n) is 7.48. The number of anilines is 1. The second kappa shape index (κ2) is 8.84. The van der Waals surface area contributed by atoms with E-state index in [4.69, 9.17) is 21.5 Å². The van der Waals surface area contributed by atoms with Gasteiger partial charge in [0, 0.05) is 11.3 Å². The molecule has 0 radical (unpaired) electrons. The highest BCUT2D eigenvalue weighted by atomic mass is 35.5. The van der Waals surface area contributed by atoms with Gasteiger partial charge in [-0.2, -0.15) is 0 Å². The van der Waals surface area contributed by atoms with Gasteiger partial charge in [0.2, 0.25) is 0 Å². The van der Waals surface area contributed by atoms with E-state index in [1.165, 1.54) is 24.3 Å². The molecular formula is C17H22ClFN2O4. The number of benzene rings is 1. The van der Waals surface area contributed by atoms with E-state index in [0.29, 0.717) is 0 Å². The second-order valence-electron chi connectivity index (χ2n) is 6.16. The van der Waals surface area contributed by atoms with E-state index in [1.54, 1.807) is 33.2 Å². The predicted molar refractivity (Wildman–Crippen MR) is 93.8 cm³/mol. The van der Waals surface area contributed by atoms with Gasteiger partial charge in [0.1, 0.15) is 22.7 Å². The standard InChI is InChI=1S/C17H22ClFN2O4/c1-5-10(8-14(18)21-24)15(22)12-7-6-11(9-13(12)19)20-16(23)25-17(2,3)4/h5-9,15,21-22,24H,1-4H3,(H,20,23)/b10-5+,14-8-. The van der Waals surface area contributed by atoms with Crippen LogP contribution < -0.4 is 10.8 Å². The first-order chi connectivity index (χ1) is 11.6. The van der Waals surface area contributed by atoms with Crippen molar-refractivity contribution in [1.82, 2.24) is 5.48 Å². The summed E-state index contributed by atoms with van der Waals surface area (Å²) in [5, 5.41) is 21.3. The van der Waals surface area contributed by atoms with Crippen molar-refractivity contribution in [3.05, 3.63) is 52.5 Å². The van der Waals surface area contributed by atoms with Crippen LogP contribution in [-0.4, -0.2) is 22.0 Å². The summed E-state index contributed by atoms with van der Waals surface area (Å²) >= 11 is 5.64. The lowest BCUT2D eigenvalue weighted by Crippen LogP contribution is -2.27. The molecule has 4 N–H and O–H groups in total. The fraction of sp³-hybridized carbons (Fsp3) is 0.353. The molecule has 0 saturated heterocycles. The summed E-state index contributed by atoms with van der Waals surface area (Å²) in [7, 11) is 0. The Morgan fingerprint density at radius 2 is 2.04 bits per heavy atom. The second-order valence-corrected chi connectivity index (χ2v) is 6.57. The largest absolute Gasteiger partial charge is 0.444 e. The van der Waals surface area contributed by atoms with Crippen molar-refractivity contribution >= 4 is 23.4 Å². The summed E-state index contributed by atoms with van der Waals surface area (Å²) in [5.41, 5.74) is 1.50. The molecule has 0 heterocycles. The Kier molecular flexibility index (Phi) is 7.41. The van der Waals surface area contributed by atoms with Crippen molar-refractivity contribution in [3.8, 4) is 0 Å². The first-order valence-corrected chi connectivity index (χ1v) is 7.86. The van der Waals surface area contributed by atoms with Crippen molar-refractivity contribution in [3.63, 3.8) is 0 Å². The van der Waals surface area contributed by atoms with Crippen LogP contribution in [0, 0.1) is 5.82 Å². The molecule has 1 aromatic carbocycles. The number of rotatable bonds is 5. The molecule has 0 aliphatic carbocycles. The molecule has 138 valence electrons. The molecule has 0 bridgehead atoms. The normalized spacial score (nSPS) is 14.1. The van der Waals surface area contributed by atoms with Crippen LogP contribution in [0.15, 0.2) is 41.1 Å². The van der Waals surface area contributed by atoms with Gasteiger partial charge in [-0.15, -0.1) is 0 Å². The van der Waals surface area contributed by atoms with Gasteiger partial charge in [0.05, 0.1) is 0 Å². The van der Waals surface area contributed by atoms with Gasteiger partial charge in [-0.25, -0.2) is 9.18 Å². The fourth-order valence-corrected chi connectivity index (χ4v) is 2.05. The van der Waals surface area contributed by atoms with Crippen LogP contribution in [0.4, 0.5) is 14.9 Å². The number of hydrogen-bond donors (Lipinski definition) is 4. The van der Waals surface area contributed by atoms with Crippen LogP contribution in [0.2, 0.25) is 0 Å². The molecule has 1 atom stereocenters. The van der Waals surface area contributed by atoms with Gasteiger partial charge < -0.3 is 9.84 Å². The third kappa shape index (κ3) is 6.74. The monoisotopic (exact) mass is 372 g/mol. The number of nitrogens with one attached hydrogen (secondary N) is 2. The Morgan fingerprint density at radius 3 is 2.52 bits per heavy atom. The maximum atomic E-state index is 14.3. The molecule has 0 aliphatic rings. The molecule has 0 aromatic heterocycles. The molecule has 1 unspecified atom stereocenters. The molecule has 1 amide bonds. The van der Waals surface area contributed by atoms with Crippen molar-refractivity contribution in [2.45, 2.75) is 39.4 Å². The van der Waals surface area contributed by atoms with Crippen LogP contribution in [0.3, 0.4) is 0 Å². The number of halogens is 2. The Bertz CT molecular complexity index is 684.